The first-order valence-electron chi connectivity index (χ1n) is 9.07. The average molecular weight is 389 g/mol. The predicted molar refractivity (Wildman–Crippen MR) is 107 cm³/mol. The molecule has 2 aromatic heterocycles. The maximum absolute atomic E-state index is 13.2. The zero-order chi connectivity index (χ0) is 20.1. The fourth-order valence-corrected chi connectivity index (χ4v) is 3.10. The summed E-state index contributed by atoms with van der Waals surface area (Å²) < 4.78 is 5.56. The Labute approximate surface area is 166 Å². The van der Waals surface area contributed by atoms with Gasteiger partial charge in [-0.25, -0.2) is 24.6 Å². The number of aliphatic hydroxyl groups is 1. The van der Waals surface area contributed by atoms with Gasteiger partial charge in [-0.15, -0.1) is 0 Å². The number of aromatic nitrogens is 4. The van der Waals surface area contributed by atoms with Gasteiger partial charge in [0, 0.05) is 0 Å². The Morgan fingerprint density at radius 3 is 2.48 bits per heavy atom. The van der Waals surface area contributed by atoms with E-state index >= 15 is 0 Å². The van der Waals surface area contributed by atoms with Crippen molar-refractivity contribution < 1.29 is 14.6 Å². The minimum atomic E-state index is -0.694. The second kappa shape index (κ2) is 8.49. The number of rotatable bonds is 6. The van der Waals surface area contributed by atoms with Crippen LogP contribution >= 0.6 is 0 Å². The molecule has 0 radical (unpaired) electrons. The SMILES string of the molecule is O=C(OCc1ccccc1)N(c1ncnc2nc[nH]c12)C(CO)c1ccccc1. The van der Waals surface area contributed by atoms with Gasteiger partial charge in [0.05, 0.1) is 19.0 Å². The van der Waals surface area contributed by atoms with Crippen molar-refractivity contribution in [2.75, 3.05) is 11.5 Å². The number of ether oxygens (including phenoxy) is 1. The molecule has 4 aromatic rings. The van der Waals surface area contributed by atoms with Crippen LogP contribution in [0, 0.1) is 0 Å². The summed E-state index contributed by atoms with van der Waals surface area (Å²) in [7, 11) is 0. The summed E-state index contributed by atoms with van der Waals surface area (Å²) >= 11 is 0. The standard InChI is InChI=1S/C21H19N5O3/c27-11-17(16-9-5-2-6-10-16)26(20-18-19(23-13-22-18)24-14-25-20)21(28)29-12-15-7-3-1-4-8-15/h1-10,13-14,17,27H,11-12H2,(H,22,23,24,25). The highest BCUT2D eigenvalue weighted by Gasteiger charge is 2.31. The highest BCUT2D eigenvalue weighted by molar-refractivity contribution is 5.95. The molecule has 4 rings (SSSR count). The molecule has 2 heterocycles. The van der Waals surface area contributed by atoms with Gasteiger partial charge in [0.2, 0.25) is 0 Å². The van der Waals surface area contributed by atoms with Gasteiger partial charge in [-0.05, 0) is 11.1 Å². The Hall–Kier alpha value is -3.78. The van der Waals surface area contributed by atoms with Crippen LogP contribution in [0.3, 0.4) is 0 Å². The van der Waals surface area contributed by atoms with Crippen LogP contribution in [0.5, 0.6) is 0 Å². The van der Waals surface area contributed by atoms with Crippen molar-refractivity contribution in [2.45, 2.75) is 12.6 Å². The molecule has 1 amide bonds. The minimum Gasteiger partial charge on any atom is -0.444 e. The van der Waals surface area contributed by atoms with Crippen LogP contribution in [0.15, 0.2) is 73.3 Å². The third-order valence-electron chi connectivity index (χ3n) is 4.50. The lowest BCUT2D eigenvalue weighted by Gasteiger charge is -2.29. The minimum absolute atomic E-state index is 0.0975. The monoisotopic (exact) mass is 389 g/mol. The quantitative estimate of drug-likeness (QED) is 0.525. The van der Waals surface area contributed by atoms with Gasteiger partial charge in [-0.3, -0.25) is 0 Å². The van der Waals surface area contributed by atoms with Gasteiger partial charge in [0.1, 0.15) is 18.5 Å². The number of carbonyl (C=O) groups excluding carboxylic acids is 1. The molecule has 0 aliphatic heterocycles. The zero-order valence-electron chi connectivity index (χ0n) is 15.5. The summed E-state index contributed by atoms with van der Waals surface area (Å²) in [6.07, 6.45) is 2.17. The summed E-state index contributed by atoms with van der Waals surface area (Å²) in [5.74, 6) is 0.286. The molecule has 0 spiro atoms. The highest BCUT2D eigenvalue weighted by atomic mass is 16.6. The number of fused-ring (bicyclic) bond motifs is 1. The number of carbonyl (C=O) groups is 1. The molecule has 8 nitrogen and oxygen atoms in total. The molecule has 2 N–H and O–H groups in total. The van der Waals surface area contributed by atoms with Crippen LogP contribution in [0.2, 0.25) is 0 Å². The van der Waals surface area contributed by atoms with E-state index in [4.69, 9.17) is 4.74 Å². The van der Waals surface area contributed by atoms with Gasteiger partial charge in [-0.1, -0.05) is 60.7 Å². The van der Waals surface area contributed by atoms with Gasteiger partial charge >= 0.3 is 6.09 Å². The number of benzene rings is 2. The molecule has 1 atom stereocenters. The van der Waals surface area contributed by atoms with E-state index in [0.717, 1.165) is 11.1 Å². The fraction of sp³-hybridized carbons (Fsp3) is 0.143. The Balaban J connectivity index is 1.72. The maximum atomic E-state index is 13.2. The van der Waals surface area contributed by atoms with Crippen molar-refractivity contribution in [2.24, 2.45) is 0 Å². The molecule has 0 aliphatic carbocycles. The molecule has 0 aliphatic rings. The van der Waals surface area contributed by atoms with E-state index in [9.17, 15) is 9.90 Å². The zero-order valence-corrected chi connectivity index (χ0v) is 15.5. The Morgan fingerprint density at radius 1 is 1.03 bits per heavy atom. The van der Waals surface area contributed by atoms with Crippen LogP contribution in [0.1, 0.15) is 17.2 Å². The molecular formula is C21H19N5O3. The van der Waals surface area contributed by atoms with Crippen LogP contribution in [0.25, 0.3) is 11.2 Å². The number of hydrogen-bond donors (Lipinski definition) is 2. The van der Waals surface area contributed by atoms with E-state index in [0.29, 0.717) is 11.2 Å². The largest absolute Gasteiger partial charge is 0.444 e. The number of nitrogens with zero attached hydrogens (tertiary/aromatic N) is 4. The lowest BCUT2D eigenvalue weighted by Crippen LogP contribution is -2.38. The number of aliphatic hydroxyl groups excluding tert-OH is 1. The van der Waals surface area contributed by atoms with E-state index in [1.165, 1.54) is 17.6 Å². The van der Waals surface area contributed by atoms with Crippen molar-refractivity contribution in [1.29, 1.82) is 0 Å². The first-order valence-corrected chi connectivity index (χ1v) is 9.07. The topological polar surface area (TPSA) is 104 Å². The predicted octanol–water partition coefficient (Wildman–Crippen LogP) is 3.23. The summed E-state index contributed by atoms with van der Waals surface area (Å²) in [6.45, 7) is -0.218. The number of anilines is 1. The van der Waals surface area contributed by atoms with Crippen molar-refractivity contribution >= 4 is 23.1 Å². The van der Waals surface area contributed by atoms with Crippen molar-refractivity contribution in [3.05, 3.63) is 84.4 Å². The third kappa shape index (κ3) is 3.92. The molecule has 0 bridgehead atoms. The fourth-order valence-electron chi connectivity index (χ4n) is 3.10. The number of hydrogen-bond acceptors (Lipinski definition) is 6. The molecule has 1 unspecified atom stereocenters. The van der Waals surface area contributed by atoms with E-state index in [1.54, 1.807) is 0 Å². The highest BCUT2D eigenvalue weighted by Crippen LogP contribution is 2.30. The summed E-state index contributed by atoms with van der Waals surface area (Å²) in [4.78, 5) is 30.0. The molecular weight excluding hydrogens is 370 g/mol. The second-order valence-corrected chi connectivity index (χ2v) is 6.32. The molecule has 0 saturated heterocycles. The summed E-state index contributed by atoms with van der Waals surface area (Å²) in [6, 6.07) is 17.9. The normalized spacial score (nSPS) is 11.9. The van der Waals surface area contributed by atoms with Gasteiger partial charge in [-0.2, -0.15) is 0 Å². The lowest BCUT2D eigenvalue weighted by molar-refractivity contribution is 0.140. The first kappa shape index (κ1) is 18.6. The van der Waals surface area contributed by atoms with Crippen LogP contribution < -0.4 is 4.90 Å². The van der Waals surface area contributed by atoms with Crippen molar-refractivity contribution in [3.8, 4) is 0 Å². The summed E-state index contributed by atoms with van der Waals surface area (Å²) in [5.41, 5.74) is 2.51. The lowest BCUT2D eigenvalue weighted by atomic mass is 10.1. The molecule has 146 valence electrons. The van der Waals surface area contributed by atoms with Crippen molar-refractivity contribution in [3.63, 3.8) is 0 Å². The number of imidazole rings is 1. The Kier molecular flexibility index (Phi) is 5.44. The first-order chi connectivity index (χ1) is 14.3. The third-order valence-corrected chi connectivity index (χ3v) is 4.50. The van der Waals surface area contributed by atoms with Crippen LogP contribution in [-0.2, 0) is 11.3 Å². The van der Waals surface area contributed by atoms with E-state index < -0.39 is 12.1 Å². The molecule has 8 heteroatoms. The maximum Gasteiger partial charge on any atom is 0.416 e. The van der Waals surface area contributed by atoms with Crippen LogP contribution in [-0.4, -0.2) is 37.7 Å². The molecule has 0 fully saturated rings. The Bertz CT molecular complexity index is 1090. The number of aromatic amines is 1. The Morgan fingerprint density at radius 2 is 1.76 bits per heavy atom. The van der Waals surface area contributed by atoms with Gasteiger partial charge < -0.3 is 14.8 Å². The number of amides is 1. The second-order valence-electron chi connectivity index (χ2n) is 6.32. The van der Waals surface area contributed by atoms with E-state index in [2.05, 4.69) is 19.9 Å². The molecule has 0 saturated carbocycles. The molecule has 29 heavy (non-hydrogen) atoms. The van der Waals surface area contributed by atoms with Crippen LogP contribution in [0.4, 0.5) is 10.6 Å². The summed E-state index contributed by atoms with van der Waals surface area (Å²) in [5, 5.41) is 10.1. The molecule has 2 aromatic carbocycles. The number of nitrogens with one attached hydrogen (secondary N) is 1. The smallest absolute Gasteiger partial charge is 0.416 e. The van der Waals surface area contributed by atoms with E-state index in [-0.39, 0.29) is 19.0 Å². The van der Waals surface area contributed by atoms with Gasteiger partial charge in [0.15, 0.2) is 11.5 Å². The van der Waals surface area contributed by atoms with Gasteiger partial charge in [0.25, 0.3) is 0 Å². The number of H-pyrrole nitrogens is 1. The van der Waals surface area contributed by atoms with E-state index in [1.807, 2.05) is 60.7 Å². The van der Waals surface area contributed by atoms with Crippen molar-refractivity contribution in [1.82, 2.24) is 19.9 Å². The average Bonchev–Trinajstić information content (AvgIpc) is 3.26.